The summed E-state index contributed by atoms with van der Waals surface area (Å²) in [6.07, 6.45) is 2.99. The summed E-state index contributed by atoms with van der Waals surface area (Å²) in [4.78, 5) is 11.7. The van der Waals surface area contributed by atoms with Crippen LogP contribution in [0.5, 0.6) is 0 Å². The van der Waals surface area contributed by atoms with Crippen LogP contribution in [0.1, 0.15) is 20.3 Å². The Bertz CT molecular complexity index is 131. The van der Waals surface area contributed by atoms with E-state index in [-0.39, 0.29) is 0 Å². The molecule has 0 aromatic heterocycles. The largest absolute Gasteiger partial charge is 0.334 e. The van der Waals surface area contributed by atoms with Crippen LogP contribution in [0.25, 0.3) is 0 Å². The molecule has 0 bridgehead atoms. The van der Waals surface area contributed by atoms with Crippen molar-refractivity contribution in [1.82, 2.24) is 4.90 Å². The zero-order chi connectivity index (χ0) is 7.07. The SMILES string of the molecule is CN([C]=O)C1CC1(C)C. The van der Waals surface area contributed by atoms with Gasteiger partial charge in [0.15, 0.2) is 0 Å². The van der Waals surface area contributed by atoms with Gasteiger partial charge in [-0.1, -0.05) is 13.8 Å². The summed E-state index contributed by atoms with van der Waals surface area (Å²) >= 11 is 0. The fourth-order valence-electron chi connectivity index (χ4n) is 1.16. The van der Waals surface area contributed by atoms with Gasteiger partial charge in [0.05, 0.1) is 0 Å². The van der Waals surface area contributed by atoms with E-state index in [1.165, 1.54) is 0 Å². The fourth-order valence-corrected chi connectivity index (χ4v) is 1.16. The van der Waals surface area contributed by atoms with Crippen LogP contribution >= 0.6 is 0 Å². The first-order chi connectivity index (χ1) is 4.08. The summed E-state index contributed by atoms with van der Waals surface area (Å²) in [5.74, 6) is 0. The maximum absolute atomic E-state index is 10.1. The van der Waals surface area contributed by atoms with Gasteiger partial charge in [0.2, 0.25) is 0 Å². The van der Waals surface area contributed by atoms with E-state index in [4.69, 9.17) is 0 Å². The van der Waals surface area contributed by atoms with Gasteiger partial charge in [0.25, 0.3) is 0 Å². The first kappa shape index (κ1) is 6.59. The molecule has 1 fully saturated rings. The van der Waals surface area contributed by atoms with Crippen LogP contribution in [-0.4, -0.2) is 24.4 Å². The van der Waals surface area contributed by atoms with Crippen LogP contribution in [0.15, 0.2) is 0 Å². The summed E-state index contributed by atoms with van der Waals surface area (Å²) < 4.78 is 0. The molecule has 1 atom stereocenters. The summed E-state index contributed by atoms with van der Waals surface area (Å²) in [6, 6.07) is 0.440. The zero-order valence-electron chi connectivity index (χ0n) is 6.14. The first-order valence-electron chi connectivity index (χ1n) is 3.18. The molecule has 0 aliphatic heterocycles. The second kappa shape index (κ2) is 1.72. The van der Waals surface area contributed by atoms with Crippen molar-refractivity contribution in [2.45, 2.75) is 26.3 Å². The van der Waals surface area contributed by atoms with Crippen molar-refractivity contribution in [1.29, 1.82) is 0 Å². The van der Waals surface area contributed by atoms with Crippen molar-refractivity contribution in [3.63, 3.8) is 0 Å². The summed E-state index contributed by atoms with van der Waals surface area (Å²) in [6.45, 7) is 4.32. The third-order valence-corrected chi connectivity index (χ3v) is 2.07. The van der Waals surface area contributed by atoms with E-state index in [9.17, 15) is 4.79 Å². The Morgan fingerprint density at radius 3 is 2.22 bits per heavy atom. The van der Waals surface area contributed by atoms with E-state index in [1.807, 2.05) is 6.41 Å². The van der Waals surface area contributed by atoms with Crippen molar-refractivity contribution in [3.8, 4) is 0 Å². The maximum atomic E-state index is 10.1. The van der Waals surface area contributed by atoms with Crippen LogP contribution in [-0.2, 0) is 4.79 Å². The lowest BCUT2D eigenvalue weighted by Gasteiger charge is -2.10. The van der Waals surface area contributed by atoms with E-state index < -0.39 is 0 Å². The van der Waals surface area contributed by atoms with Gasteiger partial charge in [0.1, 0.15) is 0 Å². The predicted octanol–water partition coefficient (Wildman–Crippen LogP) is 0.784. The van der Waals surface area contributed by atoms with Crippen LogP contribution in [0.2, 0.25) is 0 Å². The fraction of sp³-hybridized carbons (Fsp3) is 0.857. The molecule has 0 spiro atoms. The molecule has 1 aliphatic rings. The smallest absolute Gasteiger partial charge is 0.312 e. The molecule has 51 valence electrons. The molecule has 9 heavy (non-hydrogen) atoms. The molecular formula is C7H12NO. The molecule has 0 N–H and O–H groups in total. The highest BCUT2D eigenvalue weighted by Gasteiger charge is 2.48. The van der Waals surface area contributed by atoms with Gasteiger partial charge in [-0.25, -0.2) is 0 Å². The number of nitrogens with zero attached hydrogens (tertiary/aromatic N) is 1. The van der Waals surface area contributed by atoms with Gasteiger partial charge < -0.3 is 4.90 Å². The number of hydrogen-bond acceptors (Lipinski definition) is 1. The summed E-state index contributed by atoms with van der Waals surface area (Å²) in [5.41, 5.74) is 0.353. The lowest BCUT2D eigenvalue weighted by atomic mass is 10.2. The molecule has 1 unspecified atom stereocenters. The topological polar surface area (TPSA) is 20.3 Å². The molecule has 1 saturated carbocycles. The quantitative estimate of drug-likeness (QED) is 0.501. The van der Waals surface area contributed by atoms with Gasteiger partial charge >= 0.3 is 6.41 Å². The zero-order valence-corrected chi connectivity index (χ0v) is 6.14. The molecule has 0 aromatic rings. The van der Waals surface area contributed by atoms with Gasteiger partial charge in [-0.2, -0.15) is 0 Å². The Labute approximate surface area is 55.8 Å². The van der Waals surface area contributed by atoms with E-state index in [2.05, 4.69) is 13.8 Å². The van der Waals surface area contributed by atoms with Gasteiger partial charge in [-0.05, 0) is 11.8 Å². The van der Waals surface area contributed by atoms with Gasteiger partial charge in [-0.3, -0.25) is 4.79 Å². The number of rotatable bonds is 2. The van der Waals surface area contributed by atoms with Crippen LogP contribution in [0.3, 0.4) is 0 Å². The van der Waals surface area contributed by atoms with E-state index in [1.54, 1.807) is 11.9 Å². The average Bonchev–Trinajstić information content (AvgIpc) is 2.38. The molecule has 2 nitrogen and oxygen atoms in total. The van der Waals surface area contributed by atoms with E-state index in [0.717, 1.165) is 6.42 Å². The van der Waals surface area contributed by atoms with Crippen molar-refractivity contribution in [2.24, 2.45) is 5.41 Å². The van der Waals surface area contributed by atoms with Crippen molar-refractivity contribution >= 4 is 6.41 Å². The summed E-state index contributed by atoms with van der Waals surface area (Å²) in [5, 5.41) is 0. The molecule has 1 amide bonds. The Morgan fingerprint density at radius 1 is 1.67 bits per heavy atom. The lowest BCUT2D eigenvalue weighted by Crippen LogP contribution is -2.21. The maximum Gasteiger partial charge on any atom is 0.312 e. The molecule has 2 heteroatoms. The Morgan fingerprint density at radius 2 is 2.11 bits per heavy atom. The second-order valence-corrected chi connectivity index (χ2v) is 3.41. The molecular weight excluding hydrogens is 114 g/mol. The average molecular weight is 126 g/mol. The highest BCUT2D eigenvalue weighted by Crippen LogP contribution is 2.47. The third kappa shape index (κ3) is 1.07. The van der Waals surface area contributed by atoms with E-state index >= 15 is 0 Å². The molecule has 0 aromatic carbocycles. The Hall–Kier alpha value is -0.530. The first-order valence-corrected chi connectivity index (χ1v) is 3.18. The van der Waals surface area contributed by atoms with Crippen molar-refractivity contribution in [3.05, 3.63) is 0 Å². The van der Waals surface area contributed by atoms with Crippen molar-refractivity contribution < 1.29 is 4.79 Å². The molecule has 1 radical (unpaired) electrons. The molecule has 0 saturated heterocycles. The van der Waals surface area contributed by atoms with Crippen LogP contribution < -0.4 is 0 Å². The summed E-state index contributed by atoms with van der Waals surface area (Å²) in [7, 11) is 1.78. The molecule has 1 rings (SSSR count). The monoisotopic (exact) mass is 126 g/mol. The second-order valence-electron chi connectivity index (χ2n) is 3.41. The molecule has 1 aliphatic carbocycles. The predicted molar refractivity (Wildman–Crippen MR) is 35.6 cm³/mol. The Balaban J connectivity index is 2.42. The Kier molecular flexibility index (Phi) is 1.26. The number of hydrogen-bond donors (Lipinski definition) is 0. The normalized spacial score (nSPS) is 29.4. The minimum atomic E-state index is 0.353. The van der Waals surface area contributed by atoms with Crippen LogP contribution in [0.4, 0.5) is 0 Å². The van der Waals surface area contributed by atoms with E-state index in [0.29, 0.717) is 11.5 Å². The third-order valence-electron chi connectivity index (χ3n) is 2.07. The number of carbonyl (C=O) groups excluding carboxylic acids is 1. The standard InChI is InChI=1S/C7H12NO/c1-7(2)4-6(7)8(3)5-9/h6H,4H2,1-3H3. The lowest BCUT2D eigenvalue weighted by molar-refractivity contribution is 0.384. The van der Waals surface area contributed by atoms with Gasteiger partial charge in [0, 0.05) is 13.1 Å². The van der Waals surface area contributed by atoms with Crippen molar-refractivity contribution in [2.75, 3.05) is 7.05 Å². The highest BCUT2D eigenvalue weighted by molar-refractivity contribution is 5.49. The number of amides is 1. The minimum Gasteiger partial charge on any atom is -0.334 e. The van der Waals surface area contributed by atoms with Crippen LogP contribution in [0, 0.1) is 5.41 Å². The highest BCUT2D eigenvalue weighted by atomic mass is 16.1. The molecule has 0 heterocycles. The van der Waals surface area contributed by atoms with Gasteiger partial charge in [-0.15, -0.1) is 0 Å². The minimum absolute atomic E-state index is 0.353.